The smallest absolute Gasteiger partial charge is 0.275 e. The largest absolute Gasteiger partial charge is 0.491 e. The Hall–Kier alpha value is -3.57. The first-order valence-corrected chi connectivity index (χ1v) is 11.3. The van der Waals surface area contributed by atoms with Gasteiger partial charge >= 0.3 is 0 Å². The van der Waals surface area contributed by atoms with Crippen LogP contribution in [0.5, 0.6) is 11.6 Å². The molecule has 11 nitrogen and oxygen atoms in total. The maximum atomic E-state index is 6.04. The second kappa shape index (κ2) is 8.65. The Morgan fingerprint density at radius 3 is 2.79 bits per heavy atom. The van der Waals surface area contributed by atoms with Gasteiger partial charge in [-0.25, -0.2) is 0 Å². The summed E-state index contributed by atoms with van der Waals surface area (Å²) in [6.45, 7) is 5.57. The quantitative estimate of drug-likeness (QED) is 0.423. The third-order valence-corrected chi connectivity index (χ3v) is 6.32. The molecule has 0 amide bonds. The molecule has 0 bridgehead atoms. The molecule has 0 spiro atoms. The molecule has 0 saturated carbocycles. The van der Waals surface area contributed by atoms with Crippen LogP contribution in [-0.4, -0.2) is 61.2 Å². The lowest BCUT2D eigenvalue weighted by Gasteiger charge is -2.30. The molecule has 1 fully saturated rings. The summed E-state index contributed by atoms with van der Waals surface area (Å²) in [6.07, 6.45) is 2.16. The monoisotopic (exact) mass is 463 g/mol. The summed E-state index contributed by atoms with van der Waals surface area (Å²) < 4.78 is 23.8. The van der Waals surface area contributed by atoms with Crippen molar-refractivity contribution in [2.75, 3.05) is 20.3 Å². The first kappa shape index (κ1) is 21.0. The van der Waals surface area contributed by atoms with Crippen LogP contribution in [-0.2, 0) is 24.4 Å². The van der Waals surface area contributed by atoms with E-state index in [1.54, 1.807) is 23.8 Å². The number of hydrogen-bond acceptors (Lipinski definition) is 10. The van der Waals surface area contributed by atoms with Crippen LogP contribution in [0.1, 0.15) is 35.6 Å². The Balaban J connectivity index is 1.21. The Labute approximate surface area is 195 Å². The summed E-state index contributed by atoms with van der Waals surface area (Å²) in [5.74, 6) is 1.93. The Morgan fingerprint density at radius 1 is 1.12 bits per heavy atom. The van der Waals surface area contributed by atoms with E-state index in [1.807, 2.05) is 13.0 Å². The van der Waals surface area contributed by atoms with E-state index in [-0.39, 0.29) is 6.61 Å². The van der Waals surface area contributed by atoms with Crippen LogP contribution in [0.15, 0.2) is 28.8 Å². The van der Waals surface area contributed by atoms with Crippen molar-refractivity contribution < 1.29 is 18.7 Å². The van der Waals surface area contributed by atoms with Gasteiger partial charge in [0.15, 0.2) is 17.1 Å². The van der Waals surface area contributed by atoms with E-state index in [9.17, 15) is 0 Å². The molecule has 6 heterocycles. The van der Waals surface area contributed by atoms with Crippen LogP contribution in [0.2, 0.25) is 0 Å². The highest BCUT2D eigenvalue weighted by molar-refractivity contribution is 5.56. The lowest BCUT2D eigenvalue weighted by molar-refractivity contribution is 0.0324. The minimum atomic E-state index is 0.264. The summed E-state index contributed by atoms with van der Waals surface area (Å²) in [5.41, 5.74) is 4.30. The number of hydrogen-bond donors (Lipinski definition) is 0. The number of aryl methyl sites for hydroxylation is 1. The van der Waals surface area contributed by atoms with Crippen molar-refractivity contribution in [3.63, 3.8) is 0 Å². The van der Waals surface area contributed by atoms with E-state index in [0.717, 1.165) is 50.5 Å². The van der Waals surface area contributed by atoms with Gasteiger partial charge < -0.3 is 18.7 Å². The highest BCUT2D eigenvalue weighted by atomic mass is 16.5. The second-order valence-electron chi connectivity index (χ2n) is 8.58. The SMILES string of the molecule is COc1cc2nnc(-c3cc(C)on3)n2nc1OCc1ccc2c(n1)CN(C1CCOCC1)C2. The summed E-state index contributed by atoms with van der Waals surface area (Å²) in [6, 6.07) is 8.24. The van der Waals surface area contributed by atoms with Gasteiger partial charge in [0.2, 0.25) is 5.82 Å². The van der Waals surface area contributed by atoms with Crippen LogP contribution in [0, 0.1) is 6.92 Å². The standard InChI is InChI=1S/C23H25N7O4/c1-14-9-18(28-34-14)22-26-25-21-10-20(31-2)23(27-30(21)22)33-13-16-4-3-15-11-29(12-19(15)24-16)17-5-7-32-8-6-17/h3-4,9-10,17H,5-8,11-13H2,1-2H3. The average Bonchev–Trinajstić information content (AvgIpc) is 3.59. The molecule has 0 N–H and O–H groups in total. The minimum absolute atomic E-state index is 0.264. The molecular formula is C23H25N7O4. The third kappa shape index (κ3) is 3.86. The lowest BCUT2D eigenvalue weighted by Crippen LogP contribution is -2.35. The summed E-state index contributed by atoms with van der Waals surface area (Å²) in [4.78, 5) is 7.37. The van der Waals surface area contributed by atoms with Gasteiger partial charge in [-0.2, -0.15) is 4.52 Å². The predicted molar refractivity (Wildman–Crippen MR) is 119 cm³/mol. The van der Waals surface area contributed by atoms with E-state index < -0.39 is 0 Å². The number of nitrogens with zero attached hydrogens (tertiary/aromatic N) is 7. The zero-order valence-electron chi connectivity index (χ0n) is 19.1. The molecular weight excluding hydrogens is 438 g/mol. The molecule has 0 atom stereocenters. The van der Waals surface area contributed by atoms with Gasteiger partial charge in [0.05, 0.1) is 18.5 Å². The van der Waals surface area contributed by atoms with Crippen molar-refractivity contribution in [3.8, 4) is 23.1 Å². The zero-order valence-corrected chi connectivity index (χ0v) is 19.1. The first-order chi connectivity index (χ1) is 16.7. The zero-order chi connectivity index (χ0) is 23.1. The van der Waals surface area contributed by atoms with E-state index in [1.165, 1.54) is 5.56 Å². The van der Waals surface area contributed by atoms with Crippen molar-refractivity contribution >= 4 is 5.65 Å². The Kier molecular flexibility index (Phi) is 5.34. The maximum Gasteiger partial charge on any atom is 0.275 e. The molecule has 6 rings (SSSR count). The average molecular weight is 463 g/mol. The number of rotatable bonds is 6. The van der Waals surface area contributed by atoms with Gasteiger partial charge in [-0.15, -0.1) is 15.3 Å². The molecule has 176 valence electrons. The molecule has 0 radical (unpaired) electrons. The number of methoxy groups -OCH3 is 1. The van der Waals surface area contributed by atoms with E-state index in [0.29, 0.717) is 40.6 Å². The van der Waals surface area contributed by atoms with E-state index >= 15 is 0 Å². The highest BCUT2D eigenvalue weighted by Gasteiger charge is 2.28. The number of fused-ring (bicyclic) bond motifs is 2. The van der Waals surface area contributed by atoms with Gasteiger partial charge in [0, 0.05) is 44.5 Å². The highest BCUT2D eigenvalue weighted by Crippen LogP contribution is 2.30. The summed E-state index contributed by atoms with van der Waals surface area (Å²) in [5, 5.41) is 16.9. The fourth-order valence-electron chi connectivity index (χ4n) is 4.53. The molecule has 0 aromatic carbocycles. The van der Waals surface area contributed by atoms with Crippen LogP contribution >= 0.6 is 0 Å². The normalized spacial score (nSPS) is 16.8. The lowest BCUT2D eigenvalue weighted by atomic mass is 10.1. The van der Waals surface area contributed by atoms with Gasteiger partial charge in [-0.1, -0.05) is 11.2 Å². The fraction of sp³-hybridized carbons (Fsp3) is 0.435. The first-order valence-electron chi connectivity index (χ1n) is 11.3. The molecule has 1 saturated heterocycles. The van der Waals surface area contributed by atoms with Crippen molar-refractivity contribution in [2.24, 2.45) is 0 Å². The fourth-order valence-corrected chi connectivity index (χ4v) is 4.53. The topological polar surface area (TPSA) is 113 Å². The van der Waals surface area contributed by atoms with Crippen LogP contribution in [0.25, 0.3) is 17.2 Å². The Morgan fingerprint density at radius 2 is 2.00 bits per heavy atom. The van der Waals surface area contributed by atoms with Crippen LogP contribution in [0.4, 0.5) is 0 Å². The van der Waals surface area contributed by atoms with Crippen LogP contribution < -0.4 is 9.47 Å². The number of aromatic nitrogens is 6. The van der Waals surface area contributed by atoms with Gasteiger partial charge in [-0.05, 0) is 31.4 Å². The molecule has 2 aliphatic rings. The maximum absolute atomic E-state index is 6.04. The molecule has 2 aliphatic heterocycles. The predicted octanol–water partition coefficient (Wildman–Crippen LogP) is 2.56. The van der Waals surface area contributed by atoms with Crippen molar-refractivity contribution in [1.82, 2.24) is 34.9 Å². The molecule has 34 heavy (non-hydrogen) atoms. The van der Waals surface area contributed by atoms with Crippen molar-refractivity contribution in [2.45, 2.75) is 45.5 Å². The molecule has 4 aromatic rings. The summed E-state index contributed by atoms with van der Waals surface area (Å²) in [7, 11) is 1.57. The van der Waals surface area contributed by atoms with Gasteiger partial charge in [0.25, 0.3) is 5.88 Å². The second-order valence-corrected chi connectivity index (χ2v) is 8.58. The van der Waals surface area contributed by atoms with Crippen molar-refractivity contribution in [1.29, 1.82) is 0 Å². The molecule has 4 aromatic heterocycles. The molecule has 0 unspecified atom stereocenters. The third-order valence-electron chi connectivity index (χ3n) is 6.32. The number of pyridine rings is 1. The van der Waals surface area contributed by atoms with Crippen LogP contribution in [0.3, 0.4) is 0 Å². The van der Waals surface area contributed by atoms with E-state index in [2.05, 4.69) is 31.4 Å². The molecule has 0 aliphatic carbocycles. The van der Waals surface area contributed by atoms with Gasteiger partial charge in [0.1, 0.15) is 12.4 Å². The minimum Gasteiger partial charge on any atom is -0.491 e. The van der Waals surface area contributed by atoms with Gasteiger partial charge in [-0.3, -0.25) is 9.88 Å². The summed E-state index contributed by atoms with van der Waals surface area (Å²) >= 11 is 0. The number of ether oxygens (including phenoxy) is 3. The van der Waals surface area contributed by atoms with E-state index in [4.69, 9.17) is 23.7 Å². The van der Waals surface area contributed by atoms with Crippen molar-refractivity contribution in [3.05, 3.63) is 47.0 Å². The Bertz CT molecular complexity index is 1330. The molecule has 11 heteroatoms.